The molecule has 0 heterocycles. The van der Waals surface area contributed by atoms with E-state index in [0.717, 1.165) is 11.8 Å². The number of hydrogen-bond donors (Lipinski definition) is 0. The molecule has 0 saturated carbocycles. The molecule has 0 heteroatoms. The zero-order valence-corrected chi connectivity index (χ0v) is 12.9. The molecule has 0 unspecified atom stereocenters. The Morgan fingerprint density at radius 2 is 1.12 bits per heavy atom. The second-order valence-corrected chi connectivity index (χ2v) is 6.34. The molecule has 1 atom stereocenters. The third-order valence-corrected chi connectivity index (χ3v) is 3.78. The average molecular weight is 240 g/mol. The summed E-state index contributed by atoms with van der Waals surface area (Å²) in [6, 6.07) is 0. The average Bonchev–Trinajstić information content (AvgIpc) is 2.27. The standard InChI is InChI=1S/C17H36/c1-5-6-7-8-9-10-11-14-17(4)15-12-13-16(2)3/h16-17H,5-15H2,1-4H3/t17-/m1/s1. The van der Waals surface area contributed by atoms with Crippen LogP contribution in [0.5, 0.6) is 0 Å². The monoisotopic (exact) mass is 240 g/mol. The van der Waals surface area contributed by atoms with E-state index in [-0.39, 0.29) is 0 Å². The number of unbranched alkanes of at least 4 members (excludes halogenated alkanes) is 6. The van der Waals surface area contributed by atoms with Crippen molar-refractivity contribution in [2.45, 2.75) is 98.3 Å². The van der Waals surface area contributed by atoms with Crippen LogP contribution in [0.4, 0.5) is 0 Å². The van der Waals surface area contributed by atoms with E-state index in [9.17, 15) is 0 Å². The fourth-order valence-electron chi connectivity index (χ4n) is 2.47. The lowest BCUT2D eigenvalue weighted by Gasteiger charge is -2.12. The quantitative estimate of drug-likeness (QED) is 0.338. The summed E-state index contributed by atoms with van der Waals surface area (Å²) < 4.78 is 0. The van der Waals surface area contributed by atoms with E-state index in [4.69, 9.17) is 0 Å². The van der Waals surface area contributed by atoms with Gasteiger partial charge in [-0.1, -0.05) is 98.3 Å². The van der Waals surface area contributed by atoms with Crippen LogP contribution >= 0.6 is 0 Å². The normalized spacial score (nSPS) is 13.2. The van der Waals surface area contributed by atoms with Crippen molar-refractivity contribution in [1.29, 1.82) is 0 Å². The summed E-state index contributed by atoms with van der Waals surface area (Å²) in [6.45, 7) is 9.40. The first-order valence-electron chi connectivity index (χ1n) is 8.16. The highest BCUT2D eigenvalue weighted by Crippen LogP contribution is 2.18. The predicted molar refractivity (Wildman–Crippen MR) is 80.5 cm³/mol. The van der Waals surface area contributed by atoms with Crippen LogP contribution in [0, 0.1) is 11.8 Å². The van der Waals surface area contributed by atoms with Crippen LogP contribution in [0.2, 0.25) is 0 Å². The van der Waals surface area contributed by atoms with Gasteiger partial charge in [-0.2, -0.15) is 0 Å². The van der Waals surface area contributed by atoms with Gasteiger partial charge in [-0.15, -0.1) is 0 Å². The molecule has 0 aliphatic carbocycles. The molecule has 0 aliphatic heterocycles. The van der Waals surface area contributed by atoms with E-state index >= 15 is 0 Å². The number of hydrogen-bond acceptors (Lipinski definition) is 0. The maximum absolute atomic E-state index is 2.44. The van der Waals surface area contributed by atoms with Gasteiger partial charge in [-0.3, -0.25) is 0 Å². The van der Waals surface area contributed by atoms with Crippen molar-refractivity contribution < 1.29 is 0 Å². The smallest absolute Gasteiger partial charge is 0.0443 e. The van der Waals surface area contributed by atoms with E-state index in [0.29, 0.717) is 0 Å². The maximum atomic E-state index is 2.44. The summed E-state index contributed by atoms with van der Waals surface area (Å²) in [5.74, 6) is 1.85. The van der Waals surface area contributed by atoms with Crippen LogP contribution in [0.15, 0.2) is 0 Å². The molecule has 104 valence electrons. The van der Waals surface area contributed by atoms with E-state index in [1.54, 1.807) is 0 Å². The van der Waals surface area contributed by atoms with E-state index < -0.39 is 0 Å². The summed E-state index contributed by atoms with van der Waals surface area (Å²) in [5, 5.41) is 0. The van der Waals surface area contributed by atoms with Crippen LogP contribution in [-0.2, 0) is 0 Å². The van der Waals surface area contributed by atoms with Gasteiger partial charge in [-0.25, -0.2) is 0 Å². The van der Waals surface area contributed by atoms with Gasteiger partial charge in [0.1, 0.15) is 0 Å². The van der Waals surface area contributed by atoms with Crippen molar-refractivity contribution in [2.75, 3.05) is 0 Å². The van der Waals surface area contributed by atoms with Crippen LogP contribution in [0.3, 0.4) is 0 Å². The minimum absolute atomic E-state index is 0.890. The molecule has 0 aliphatic rings. The maximum Gasteiger partial charge on any atom is -0.0443 e. The third-order valence-electron chi connectivity index (χ3n) is 3.78. The van der Waals surface area contributed by atoms with Gasteiger partial charge >= 0.3 is 0 Å². The largest absolute Gasteiger partial charge is 0.0654 e. The van der Waals surface area contributed by atoms with Crippen molar-refractivity contribution in [3.8, 4) is 0 Å². The van der Waals surface area contributed by atoms with Crippen molar-refractivity contribution in [3.63, 3.8) is 0 Å². The first kappa shape index (κ1) is 17.0. The lowest BCUT2D eigenvalue weighted by molar-refractivity contribution is 0.418. The molecule has 0 radical (unpaired) electrons. The lowest BCUT2D eigenvalue weighted by Crippen LogP contribution is -1.96. The Labute approximate surface area is 111 Å². The Hall–Kier alpha value is 0. The Morgan fingerprint density at radius 1 is 0.588 bits per heavy atom. The topological polar surface area (TPSA) is 0 Å². The van der Waals surface area contributed by atoms with Crippen molar-refractivity contribution >= 4 is 0 Å². The van der Waals surface area contributed by atoms with E-state index in [1.165, 1.54) is 70.6 Å². The van der Waals surface area contributed by atoms with Gasteiger partial charge in [0.05, 0.1) is 0 Å². The summed E-state index contributed by atoms with van der Waals surface area (Å²) in [5.41, 5.74) is 0. The molecule has 17 heavy (non-hydrogen) atoms. The zero-order chi connectivity index (χ0) is 12.9. The first-order valence-corrected chi connectivity index (χ1v) is 8.16. The Balaban J connectivity index is 3.13. The summed E-state index contributed by atoms with van der Waals surface area (Å²) in [6.07, 6.45) is 15.9. The fraction of sp³-hybridized carbons (Fsp3) is 1.00. The molecular weight excluding hydrogens is 204 g/mol. The van der Waals surface area contributed by atoms with Gasteiger partial charge < -0.3 is 0 Å². The summed E-state index contributed by atoms with van der Waals surface area (Å²) in [7, 11) is 0. The predicted octanol–water partition coefficient (Wildman–Crippen LogP) is 6.59. The minimum Gasteiger partial charge on any atom is -0.0654 e. The van der Waals surface area contributed by atoms with Crippen LogP contribution in [0.25, 0.3) is 0 Å². The minimum atomic E-state index is 0.890. The molecule has 0 N–H and O–H groups in total. The second-order valence-electron chi connectivity index (χ2n) is 6.34. The Kier molecular flexibility index (Phi) is 12.5. The molecule has 0 aromatic rings. The molecule has 0 amide bonds. The number of rotatable bonds is 12. The zero-order valence-electron chi connectivity index (χ0n) is 12.9. The van der Waals surface area contributed by atoms with Crippen molar-refractivity contribution in [3.05, 3.63) is 0 Å². The highest BCUT2D eigenvalue weighted by molar-refractivity contribution is 4.56. The Morgan fingerprint density at radius 3 is 1.71 bits per heavy atom. The summed E-state index contributed by atoms with van der Waals surface area (Å²) >= 11 is 0. The SMILES string of the molecule is CCCCCCCCC[C@@H](C)CCCC(C)C. The van der Waals surface area contributed by atoms with Gasteiger partial charge in [0.15, 0.2) is 0 Å². The van der Waals surface area contributed by atoms with Crippen molar-refractivity contribution in [1.82, 2.24) is 0 Å². The summed E-state index contributed by atoms with van der Waals surface area (Å²) in [4.78, 5) is 0. The molecule has 0 saturated heterocycles. The molecule has 0 aromatic carbocycles. The van der Waals surface area contributed by atoms with Gasteiger partial charge in [0.25, 0.3) is 0 Å². The van der Waals surface area contributed by atoms with Gasteiger partial charge in [0, 0.05) is 0 Å². The second kappa shape index (κ2) is 12.5. The molecule has 0 spiro atoms. The van der Waals surface area contributed by atoms with Crippen molar-refractivity contribution in [2.24, 2.45) is 11.8 Å². The van der Waals surface area contributed by atoms with E-state index in [2.05, 4.69) is 27.7 Å². The highest BCUT2D eigenvalue weighted by atomic mass is 14.1. The van der Waals surface area contributed by atoms with Crippen LogP contribution in [-0.4, -0.2) is 0 Å². The van der Waals surface area contributed by atoms with Crippen LogP contribution < -0.4 is 0 Å². The molecule has 0 nitrogen and oxygen atoms in total. The molecule has 0 fully saturated rings. The Bertz CT molecular complexity index is 137. The molecular formula is C17H36. The van der Waals surface area contributed by atoms with Gasteiger partial charge in [-0.05, 0) is 11.8 Å². The fourth-order valence-corrected chi connectivity index (χ4v) is 2.47. The van der Waals surface area contributed by atoms with Crippen LogP contribution in [0.1, 0.15) is 98.3 Å². The van der Waals surface area contributed by atoms with E-state index in [1.807, 2.05) is 0 Å². The molecule has 0 rings (SSSR count). The lowest BCUT2D eigenvalue weighted by atomic mass is 9.95. The first-order chi connectivity index (χ1) is 8.16. The third kappa shape index (κ3) is 13.9. The van der Waals surface area contributed by atoms with Gasteiger partial charge in [0.2, 0.25) is 0 Å². The highest BCUT2D eigenvalue weighted by Gasteiger charge is 2.02. The molecule has 0 bridgehead atoms. The molecule has 0 aromatic heterocycles.